The summed E-state index contributed by atoms with van der Waals surface area (Å²) in [4.78, 5) is 36.9. The minimum absolute atomic E-state index is 0.0170. The van der Waals surface area contributed by atoms with Crippen LogP contribution in [-0.2, 0) is 23.9 Å². The second-order valence-corrected chi connectivity index (χ2v) is 7.89. The van der Waals surface area contributed by atoms with Gasteiger partial charge < -0.3 is 14.8 Å². The van der Waals surface area contributed by atoms with Crippen molar-refractivity contribution in [2.24, 2.45) is 5.92 Å². The summed E-state index contributed by atoms with van der Waals surface area (Å²) in [7, 11) is 0. The Hall–Kier alpha value is -2.63. The van der Waals surface area contributed by atoms with Gasteiger partial charge in [-0.1, -0.05) is 42.5 Å². The Morgan fingerprint density at radius 2 is 1.89 bits per heavy atom. The molecule has 0 aliphatic carbocycles. The van der Waals surface area contributed by atoms with E-state index in [1.165, 1.54) is 0 Å². The number of ether oxygens (including phenoxy) is 2. The predicted molar refractivity (Wildman–Crippen MR) is 105 cm³/mol. The van der Waals surface area contributed by atoms with Gasteiger partial charge in [0.25, 0.3) is 0 Å². The molecule has 1 N–H and O–H groups in total. The fraction of sp³-hybridized carbons (Fsp3) is 0.500. The van der Waals surface area contributed by atoms with Crippen LogP contribution < -0.4 is 5.32 Å². The zero-order chi connectivity index (χ0) is 20.6. The van der Waals surface area contributed by atoms with Crippen molar-refractivity contribution in [3.8, 4) is 0 Å². The quantitative estimate of drug-likeness (QED) is 0.634. The molecular formula is C22H29NO5. The summed E-state index contributed by atoms with van der Waals surface area (Å²) in [6.45, 7) is 5.38. The van der Waals surface area contributed by atoms with Gasteiger partial charge in [0.1, 0.15) is 12.2 Å². The highest BCUT2D eigenvalue weighted by Crippen LogP contribution is 2.20. The maximum absolute atomic E-state index is 12.6. The summed E-state index contributed by atoms with van der Waals surface area (Å²) < 4.78 is 10.8. The second kappa shape index (κ2) is 10.1. The zero-order valence-corrected chi connectivity index (χ0v) is 16.8. The predicted octanol–water partition coefficient (Wildman–Crippen LogP) is 3.48. The third-order valence-electron chi connectivity index (χ3n) is 4.22. The van der Waals surface area contributed by atoms with Gasteiger partial charge in [0.15, 0.2) is 0 Å². The van der Waals surface area contributed by atoms with Gasteiger partial charge >= 0.3 is 11.9 Å². The molecule has 2 rings (SSSR count). The number of hydrogen-bond donors (Lipinski definition) is 1. The molecule has 6 heteroatoms. The molecule has 1 heterocycles. The van der Waals surface area contributed by atoms with Crippen molar-refractivity contribution in [1.82, 2.24) is 5.32 Å². The van der Waals surface area contributed by atoms with Gasteiger partial charge in [-0.15, -0.1) is 0 Å². The monoisotopic (exact) mass is 387 g/mol. The molecule has 0 saturated heterocycles. The Morgan fingerprint density at radius 1 is 1.18 bits per heavy atom. The molecule has 28 heavy (non-hydrogen) atoms. The zero-order valence-electron chi connectivity index (χ0n) is 16.8. The summed E-state index contributed by atoms with van der Waals surface area (Å²) in [6.07, 6.45) is 4.93. The van der Waals surface area contributed by atoms with Crippen LogP contribution in [0.3, 0.4) is 0 Å². The minimum atomic E-state index is -0.613. The Labute approximate surface area is 166 Å². The number of carbonyl (C=O) groups excluding carboxylic acids is 3. The number of esters is 2. The number of cyclic esters (lactones) is 1. The van der Waals surface area contributed by atoms with Crippen LogP contribution >= 0.6 is 0 Å². The molecule has 6 nitrogen and oxygen atoms in total. The van der Waals surface area contributed by atoms with Crippen LogP contribution in [0.4, 0.5) is 0 Å². The fourth-order valence-electron chi connectivity index (χ4n) is 2.90. The first-order valence-electron chi connectivity index (χ1n) is 9.62. The summed E-state index contributed by atoms with van der Waals surface area (Å²) in [6, 6.07) is 8.95. The van der Waals surface area contributed by atoms with Crippen LogP contribution in [0.15, 0.2) is 42.5 Å². The Kier molecular flexibility index (Phi) is 7.79. The molecule has 1 amide bonds. The van der Waals surface area contributed by atoms with Crippen LogP contribution in [-0.4, -0.2) is 30.1 Å². The number of nitrogens with one attached hydrogen (secondary N) is 1. The summed E-state index contributed by atoms with van der Waals surface area (Å²) in [5.74, 6) is -1.60. The number of rotatable bonds is 3. The van der Waals surface area contributed by atoms with Crippen LogP contribution in [0.5, 0.6) is 0 Å². The molecule has 152 valence electrons. The smallest absolute Gasteiger partial charge is 0.309 e. The summed E-state index contributed by atoms with van der Waals surface area (Å²) >= 11 is 0. The first-order chi connectivity index (χ1) is 13.2. The van der Waals surface area contributed by atoms with Crippen molar-refractivity contribution in [1.29, 1.82) is 0 Å². The lowest BCUT2D eigenvalue weighted by Gasteiger charge is -2.23. The van der Waals surface area contributed by atoms with Crippen molar-refractivity contribution in [3.05, 3.63) is 48.0 Å². The third kappa shape index (κ3) is 7.55. The van der Waals surface area contributed by atoms with E-state index in [1.54, 1.807) is 20.8 Å². The van der Waals surface area contributed by atoms with Crippen LogP contribution in [0.2, 0.25) is 0 Å². The van der Waals surface area contributed by atoms with Gasteiger partial charge in [-0.2, -0.15) is 0 Å². The van der Waals surface area contributed by atoms with E-state index in [1.807, 2.05) is 42.5 Å². The van der Waals surface area contributed by atoms with Crippen LogP contribution in [0, 0.1) is 5.92 Å². The molecule has 1 aromatic carbocycles. The summed E-state index contributed by atoms with van der Waals surface area (Å²) in [5.41, 5.74) is 0.255. The van der Waals surface area contributed by atoms with Gasteiger partial charge in [0.05, 0.1) is 18.4 Å². The fourth-order valence-corrected chi connectivity index (χ4v) is 2.90. The van der Waals surface area contributed by atoms with E-state index >= 15 is 0 Å². The van der Waals surface area contributed by atoms with Crippen molar-refractivity contribution in [2.75, 3.05) is 6.61 Å². The molecule has 1 aromatic rings. The summed E-state index contributed by atoms with van der Waals surface area (Å²) in [5, 5.41) is 2.92. The third-order valence-corrected chi connectivity index (χ3v) is 4.22. The Morgan fingerprint density at radius 3 is 2.57 bits per heavy atom. The van der Waals surface area contributed by atoms with E-state index in [-0.39, 0.29) is 18.9 Å². The molecule has 2 atom stereocenters. The van der Waals surface area contributed by atoms with Gasteiger partial charge in [-0.3, -0.25) is 14.4 Å². The largest absolute Gasteiger partial charge is 0.463 e. The average molecular weight is 387 g/mol. The van der Waals surface area contributed by atoms with Gasteiger partial charge in [-0.05, 0) is 39.2 Å². The van der Waals surface area contributed by atoms with E-state index in [0.717, 1.165) is 5.56 Å². The molecule has 0 saturated carbocycles. The normalized spacial score (nSPS) is 22.8. The lowest BCUT2D eigenvalue weighted by atomic mass is 10.00. The minimum Gasteiger partial charge on any atom is -0.463 e. The van der Waals surface area contributed by atoms with Crippen LogP contribution in [0.1, 0.15) is 58.1 Å². The number of benzene rings is 1. The van der Waals surface area contributed by atoms with Gasteiger partial charge in [-0.25, -0.2) is 0 Å². The highest BCUT2D eigenvalue weighted by Gasteiger charge is 2.27. The highest BCUT2D eigenvalue weighted by molar-refractivity contribution is 5.80. The number of carbonyl (C=O) groups is 3. The highest BCUT2D eigenvalue weighted by atomic mass is 16.6. The van der Waals surface area contributed by atoms with Crippen molar-refractivity contribution < 1.29 is 23.9 Å². The second-order valence-electron chi connectivity index (χ2n) is 7.89. The maximum Gasteiger partial charge on any atom is 0.309 e. The molecule has 1 aliphatic heterocycles. The topological polar surface area (TPSA) is 81.7 Å². The standard InChI is InChI=1S/C22H29NO5/c1-22(2,3)28-20(25)14-17-12-8-5-9-13-19(24)23-18(15-27-21(17)26)16-10-6-4-7-11-16/h4-8,10-11,17-18H,9,12-15H2,1-3H3,(H,23,24)/b8-5+. The molecule has 0 spiro atoms. The molecule has 1 aliphatic rings. The van der Waals surface area contributed by atoms with Crippen molar-refractivity contribution in [3.63, 3.8) is 0 Å². The lowest BCUT2D eigenvalue weighted by molar-refractivity contribution is -0.161. The molecule has 0 bridgehead atoms. The first-order valence-corrected chi connectivity index (χ1v) is 9.62. The maximum atomic E-state index is 12.6. The Balaban J connectivity index is 2.11. The van der Waals surface area contributed by atoms with Gasteiger partial charge in [0, 0.05) is 6.42 Å². The van der Waals surface area contributed by atoms with Crippen LogP contribution in [0.25, 0.3) is 0 Å². The van der Waals surface area contributed by atoms with Crippen molar-refractivity contribution >= 4 is 17.8 Å². The number of hydrogen-bond acceptors (Lipinski definition) is 5. The number of allylic oxidation sites excluding steroid dienone is 2. The molecule has 0 aromatic heterocycles. The van der Waals surface area contributed by atoms with E-state index < -0.39 is 29.5 Å². The van der Waals surface area contributed by atoms with E-state index in [0.29, 0.717) is 19.3 Å². The SMILES string of the molecule is CC(C)(C)OC(=O)CC1C/C=C/CCC(=O)NC(c2ccccc2)COC1=O. The first kappa shape index (κ1) is 21.7. The van der Waals surface area contributed by atoms with E-state index in [4.69, 9.17) is 9.47 Å². The lowest BCUT2D eigenvalue weighted by Crippen LogP contribution is -2.34. The average Bonchev–Trinajstić information content (AvgIpc) is 2.62. The Bertz CT molecular complexity index is 705. The van der Waals surface area contributed by atoms with Gasteiger partial charge in [0.2, 0.25) is 5.91 Å². The van der Waals surface area contributed by atoms with E-state index in [2.05, 4.69) is 5.32 Å². The molecule has 2 unspecified atom stereocenters. The molecule has 0 fully saturated rings. The number of amides is 1. The van der Waals surface area contributed by atoms with Crippen molar-refractivity contribution in [2.45, 2.75) is 58.1 Å². The molecular weight excluding hydrogens is 358 g/mol. The van der Waals surface area contributed by atoms with E-state index in [9.17, 15) is 14.4 Å². The molecule has 0 radical (unpaired) electrons.